The van der Waals surface area contributed by atoms with Gasteiger partial charge in [-0.1, -0.05) is 0 Å². The van der Waals surface area contributed by atoms with Gasteiger partial charge in [0.15, 0.2) is 0 Å². The van der Waals surface area contributed by atoms with E-state index in [0.717, 1.165) is 58.5 Å². The van der Waals surface area contributed by atoms with Crippen molar-refractivity contribution in [1.82, 2.24) is 14.7 Å². The van der Waals surface area contributed by atoms with E-state index in [1.54, 1.807) is 4.90 Å². The van der Waals surface area contributed by atoms with Crippen LogP contribution in [0.25, 0.3) is 0 Å². The van der Waals surface area contributed by atoms with Crippen LogP contribution in [-0.4, -0.2) is 79.1 Å². The minimum atomic E-state index is -0.188. The quantitative estimate of drug-likeness (QED) is 0.724. The molecule has 2 aliphatic heterocycles. The fraction of sp³-hybridized carbons (Fsp3) is 0.846. The number of nitrogens with zero attached hydrogens (tertiary/aromatic N) is 3. The lowest BCUT2D eigenvalue weighted by Gasteiger charge is -2.41. The second-order valence-electron chi connectivity index (χ2n) is 5.09. The van der Waals surface area contributed by atoms with Gasteiger partial charge >= 0.3 is 6.09 Å². The van der Waals surface area contributed by atoms with E-state index in [2.05, 4.69) is 4.90 Å². The third-order valence-corrected chi connectivity index (χ3v) is 4.00. The zero-order valence-electron chi connectivity index (χ0n) is 12.0. The summed E-state index contributed by atoms with van der Waals surface area (Å²) in [5.74, 6) is 0. The van der Waals surface area contributed by atoms with Gasteiger partial charge in [-0.2, -0.15) is 0 Å². The molecule has 6 nitrogen and oxygen atoms in total. The van der Waals surface area contributed by atoms with Crippen molar-refractivity contribution >= 4 is 24.9 Å². The van der Waals surface area contributed by atoms with Crippen molar-refractivity contribution in [3.05, 3.63) is 0 Å². The first-order chi connectivity index (χ1) is 9.24. The highest BCUT2D eigenvalue weighted by molar-refractivity contribution is 5.85. The summed E-state index contributed by atoms with van der Waals surface area (Å²) in [7, 11) is 0. The first kappa shape index (κ1) is 17.0. The van der Waals surface area contributed by atoms with Crippen molar-refractivity contribution in [2.45, 2.75) is 25.8 Å². The number of piperidine rings is 1. The van der Waals surface area contributed by atoms with Crippen LogP contribution in [0.1, 0.15) is 19.8 Å². The van der Waals surface area contributed by atoms with Crippen molar-refractivity contribution in [3.8, 4) is 0 Å². The van der Waals surface area contributed by atoms with E-state index in [1.807, 2.05) is 11.8 Å². The van der Waals surface area contributed by atoms with Crippen molar-refractivity contribution in [2.24, 2.45) is 0 Å². The Labute approximate surface area is 126 Å². The fourth-order valence-electron chi connectivity index (χ4n) is 2.84. The molecule has 2 rings (SSSR count). The largest absolute Gasteiger partial charge is 0.450 e. The second kappa shape index (κ2) is 8.32. The monoisotopic (exact) mass is 305 g/mol. The van der Waals surface area contributed by atoms with Crippen LogP contribution in [0.4, 0.5) is 4.79 Å². The smallest absolute Gasteiger partial charge is 0.409 e. The Morgan fingerprint density at radius 3 is 2.25 bits per heavy atom. The molecule has 0 unspecified atom stereocenters. The molecule has 0 atom stereocenters. The number of carbonyl (C=O) groups excluding carboxylic acids is 2. The molecule has 2 fully saturated rings. The molecule has 0 spiro atoms. The second-order valence-corrected chi connectivity index (χ2v) is 5.09. The molecule has 2 amide bonds. The molecule has 0 N–H and O–H groups in total. The molecular weight excluding hydrogens is 282 g/mol. The van der Waals surface area contributed by atoms with Crippen LogP contribution in [0.2, 0.25) is 0 Å². The van der Waals surface area contributed by atoms with E-state index < -0.39 is 0 Å². The molecule has 2 aliphatic rings. The molecule has 116 valence electrons. The van der Waals surface area contributed by atoms with E-state index in [1.165, 1.54) is 0 Å². The topological polar surface area (TPSA) is 53.1 Å². The highest BCUT2D eigenvalue weighted by atomic mass is 35.5. The summed E-state index contributed by atoms with van der Waals surface area (Å²) in [6, 6.07) is 0.541. The normalized spacial score (nSPS) is 21.2. The van der Waals surface area contributed by atoms with Crippen molar-refractivity contribution in [1.29, 1.82) is 0 Å². The molecule has 0 bridgehead atoms. The van der Waals surface area contributed by atoms with E-state index in [-0.39, 0.29) is 18.5 Å². The lowest BCUT2D eigenvalue weighted by molar-refractivity contribution is -0.120. The predicted octanol–water partition coefficient (Wildman–Crippen LogP) is 0.803. The summed E-state index contributed by atoms with van der Waals surface area (Å²) in [5, 5.41) is 0. The van der Waals surface area contributed by atoms with Gasteiger partial charge in [0.1, 0.15) is 0 Å². The molecule has 2 heterocycles. The number of likely N-dealkylation sites (tertiary alicyclic amines) is 1. The third-order valence-electron chi connectivity index (χ3n) is 4.00. The molecule has 20 heavy (non-hydrogen) atoms. The molecule has 0 saturated carbocycles. The summed E-state index contributed by atoms with van der Waals surface area (Å²) in [6.07, 6.45) is 2.74. The van der Waals surface area contributed by atoms with Crippen molar-refractivity contribution in [2.75, 3.05) is 45.9 Å². The van der Waals surface area contributed by atoms with Gasteiger partial charge in [0.05, 0.1) is 6.61 Å². The molecule has 0 aliphatic carbocycles. The van der Waals surface area contributed by atoms with Gasteiger partial charge in [0, 0.05) is 45.3 Å². The fourth-order valence-corrected chi connectivity index (χ4v) is 2.84. The Hall–Kier alpha value is -1.01. The number of hydrogen-bond acceptors (Lipinski definition) is 4. The van der Waals surface area contributed by atoms with Crippen LogP contribution in [-0.2, 0) is 9.53 Å². The van der Waals surface area contributed by atoms with Gasteiger partial charge < -0.3 is 14.5 Å². The Bertz CT molecular complexity index is 314. The maximum absolute atomic E-state index is 11.6. The lowest BCUT2D eigenvalue weighted by Crippen LogP contribution is -2.53. The minimum Gasteiger partial charge on any atom is -0.450 e. The Morgan fingerprint density at radius 2 is 1.75 bits per heavy atom. The van der Waals surface area contributed by atoms with E-state index in [9.17, 15) is 9.59 Å². The van der Waals surface area contributed by atoms with Crippen LogP contribution in [0.3, 0.4) is 0 Å². The lowest BCUT2D eigenvalue weighted by atomic mass is 10.0. The van der Waals surface area contributed by atoms with Crippen LogP contribution in [0, 0.1) is 0 Å². The predicted molar refractivity (Wildman–Crippen MR) is 78.1 cm³/mol. The third kappa shape index (κ3) is 4.24. The molecule has 7 heteroatoms. The molecule has 0 aromatic heterocycles. The summed E-state index contributed by atoms with van der Waals surface area (Å²) in [6.45, 7) is 7.35. The van der Waals surface area contributed by atoms with Crippen LogP contribution in [0.15, 0.2) is 0 Å². The number of hydrogen-bond donors (Lipinski definition) is 0. The summed E-state index contributed by atoms with van der Waals surface area (Å²) >= 11 is 0. The van der Waals surface area contributed by atoms with Crippen molar-refractivity contribution < 1.29 is 14.3 Å². The molecular formula is C13H24ClN3O3. The molecule has 2 saturated heterocycles. The van der Waals surface area contributed by atoms with Crippen molar-refractivity contribution in [3.63, 3.8) is 0 Å². The Kier molecular flexibility index (Phi) is 7.09. The van der Waals surface area contributed by atoms with Gasteiger partial charge in [-0.25, -0.2) is 4.79 Å². The summed E-state index contributed by atoms with van der Waals surface area (Å²) in [4.78, 5) is 28.3. The summed E-state index contributed by atoms with van der Waals surface area (Å²) in [5.41, 5.74) is 0. The standard InChI is InChI=1S/C13H23N3O3.ClH/c1-2-19-13(18)16-5-3-12(4-6-16)15-9-7-14(11-17)8-10-15;/h11-12H,2-10H2,1H3;1H. The average Bonchev–Trinajstić information content (AvgIpc) is 2.48. The highest BCUT2D eigenvalue weighted by Gasteiger charge is 2.29. The maximum Gasteiger partial charge on any atom is 0.409 e. The SMILES string of the molecule is CCOC(=O)N1CCC(N2CCN(C=O)CC2)CC1.Cl. The zero-order chi connectivity index (χ0) is 13.7. The average molecular weight is 306 g/mol. The Morgan fingerprint density at radius 1 is 1.15 bits per heavy atom. The molecule has 0 radical (unpaired) electrons. The van der Waals surface area contributed by atoms with E-state index in [4.69, 9.17) is 4.74 Å². The first-order valence-corrected chi connectivity index (χ1v) is 7.09. The van der Waals surface area contributed by atoms with Gasteiger partial charge in [0.2, 0.25) is 6.41 Å². The number of amides is 2. The maximum atomic E-state index is 11.6. The van der Waals surface area contributed by atoms with Crippen LogP contribution < -0.4 is 0 Å². The zero-order valence-corrected chi connectivity index (χ0v) is 12.8. The minimum absolute atomic E-state index is 0. The Balaban J connectivity index is 0.00000200. The molecule has 0 aromatic carbocycles. The number of ether oxygens (including phenoxy) is 1. The van der Waals surface area contributed by atoms with Gasteiger partial charge in [-0.15, -0.1) is 12.4 Å². The number of halogens is 1. The number of piperazine rings is 1. The van der Waals surface area contributed by atoms with Gasteiger partial charge in [-0.05, 0) is 19.8 Å². The highest BCUT2D eigenvalue weighted by Crippen LogP contribution is 2.18. The van der Waals surface area contributed by atoms with Gasteiger partial charge in [0.25, 0.3) is 0 Å². The number of rotatable bonds is 3. The first-order valence-electron chi connectivity index (χ1n) is 7.09. The van der Waals surface area contributed by atoms with E-state index in [0.29, 0.717) is 12.6 Å². The van der Waals surface area contributed by atoms with Crippen LogP contribution >= 0.6 is 12.4 Å². The van der Waals surface area contributed by atoms with E-state index >= 15 is 0 Å². The molecule has 0 aromatic rings. The summed E-state index contributed by atoms with van der Waals surface area (Å²) < 4.78 is 5.02. The number of carbonyl (C=O) groups is 2. The van der Waals surface area contributed by atoms with Crippen LogP contribution in [0.5, 0.6) is 0 Å². The van der Waals surface area contributed by atoms with Gasteiger partial charge in [-0.3, -0.25) is 9.69 Å².